The van der Waals surface area contributed by atoms with E-state index < -0.39 is 26.5 Å². The fourth-order valence-corrected chi connectivity index (χ4v) is 5.48. The summed E-state index contributed by atoms with van der Waals surface area (Å²) in [5, 5.41) is 12.6. The predicted octanol–water partition coefficient (Wildman–Crippen LogP) is 8.71. The van der Waals surface area contributed by atoms with E-state index in [9.17, 15) is 24.2 Å². The first-order valence-corrected chi connectivity index (χ1v) is 19.2. The minimum Gasteiger partial charge on any atom is -0.463 e. The summed E-state index contributed by atoms with van der Waals surface area (Å²) in [5.41, 5.74) is 0. The number of phosphoric acid groups is 1. The SMILES string of the molecule is CCCCCCCCC/C=C\CCCCCCCCCC(=O)OCC(O)COP(=O)(O)OCCNC(=O)CCCCCCC. The molecule has 0 aromatic carbocycles. The number of amides is 1. The van der Waals surface area contributed by atoms with Crippen molar-refractivity contribution in [1.82, 2.24) is 5.32 Å². The number of aliphatic hydroxyl groups is 1. The predicted molar refractivity (Wildman–Crippen MR) is 178 cm³/mol. The van der Waals surface area contributed by atoms with E-state index in [1.165, 1.54) is 83.5 Å². The van der Waals surface area contributed by atoms with Crippen molar-refractivity contribution >= 4 is 19.7 Å². The number of unbranched alkanes of at least 4 members (excludes halogenated alkanes) is 18. The first kappa shape index (κ1) is 42.8. The van der Waals surface area contributed by atoms with Crippen molar-refractivity contribution in [3.63, 3.8) is 0 Å². The molecule has 0 spiro atoms. The molecule has 0 heterocycles. The minimum absolute atomic E-state index is 0.0822. The molecule has 3 N–H and O–H groups in total. The molecule has 0 saturated carbocycles. The smallest absolute Gasteiger partial charge is 0.463 e. The lowest BCUT2D eigenvalue weighted by Gasteiger charge is -2.15. The van der Waals surface area contributed by atoms with Crippen LogP contribution >= 0.6 is 7.82 Å². The van der Waals surface area contributed by atoms with Gasteiger partial charge in [0.15, 0.2) is 0 Å². The third-order valence-electron chi connectivity index (χ3n) is 7.45. The van der Waals surface area contributed by atoms with Crippen LogP contribution in [-0.4, -0.2) is 54.3 Å². The van der Waals surface area contributed by atoms with E-state index in [2.05, 4.69) is 31.3 Å². The minimum atomic E-state index is -4.39. The molecule has 9 nitrogen and oxygen atoms in total. The van der Waals surface area contributed by atoms with Crippen LogP contribution in [0.15, 0.2) is 12.2 Å². The Morgan fingerprint density at radius 1 is 0.682 bits per heavy atom. The van der Waals surface area contributed by atoms with Gasteiger partial charge in [-0.3, -0.25) is 18.6 Å². The molecule has 0 fully saturated rings. The monoisotopic (exact) mass is 647 g/mol. The highest BCUT2D eigenvalue weighted by molar-refractivity contribution is 7.47. The van der Waals surface area contributed by atoms with Gasteiger partial charge in [0, 0.05) is 19.4 Å². The summed E-state index contributed by atoms with van der Waals surface area (Å²) >= 11 is 0. The first-order chi connectivity index (χ1) is 21.3. The summed E-state index contributed by atoms with van der Waals surface area (Å²) in [6, 6.07) is 0. The second-order valence-electron chi connectivity index (χ2n) is 11.8. The largest absolute Gasteiger partial charge is 0.472 e. The Hall–Kier alpha value is -1.25. The molecule has 0 aromatic rings. The zero-order valence-corrected chi connectivity index (χ0v) is 29.0. The quantitative estimate of drug-likeness (QED) is 0.0279. The number of esters is 1. The maximum Gasteiger partial charge on any atom is 0.472 e. The highest BCUT2D eigenvalue weighted by atomic mass is 31.2. The van der Waals surface area contributed by atoms with Crippen molar-refractivity contribution < 1.29 is 37.9 Å². The summed E-state index contributed by atoms with van der Waals surface area (Å²) in [5.74, 6) is -0.532. The lowest BCUT2D eigenvalue weighted by Crippen LogP contribution is -2.27. The number of ether oxygens (including phenoxy) is 1. The molecule has 0 aromatic heterocycles. The number of rotatable bonds is 33. The molecule has 1 amide bonds. The normalized spacial score (nSPS) is 13.6. The molecule has 2 unspecified atom stereocenters. The summed E-state index contributed by atoms with van der Waals surface area (Å²) in [7, 11) is -4.39. The van der Waals surface area contributed by atoms with Crippen molar-refractivity contribution in [3.8, 4) is 0 Å². The molecule has 44 heavy (non-hydrogen) atoms. The van der Waals surface area contributed by atoms with Crippen molar-refractivity contribution in [2.24, 2.45) is 0 Å². The zero-order chi connectivity index (χ0) is 32.6. The van der Waals surface area contributed by atoms with Crippen molar-refractivity contribution in [2.45, 2.75) is 168 Å². The van der Waals surface area contributed by atoms with E-state index in [4.69, 9.17) is 13.8 Å². The summed E-state index contributed by atoms with van der Waals surface area (Å²) in [4.78, 5) is 33.4. The summed E-state index contributed by atoms with van der Waals surface area (Å²) < 4.78 is 26.6. The number of allylic oxidation sites excluding steroid dienone is 2. The van der Waals surface area contributed by atoms with Crippen LogP contribution in [0.3, 0.4) is 0 Å². The van der Waals surface area contributed by atoms with Crippen LogP contribution in [0.2, 0.25) is 0 Å². The van der Waals surface area contributed by atoms with E-state index in [1.807, 2.05) is 0 Å². The van der Waals surface area contributed by atoms with Gasteiger partial charge in [-0.05, 0) is 38.5 Å². The summed E-state index contributed by atoms with van der Waals surface area (Å²) in [6.07, 6.45) is 28.9. The third kappa shape index (κ3) is 32.2. The van der Waals surface area contributed by atoms with Crippen LogP contribution < -0.4 is 5.32 Å². The first-order valence-electron chi connectivity index (χ1n) is 17.7. The Labute approximate surface area is 268 Å². The molecule has 10 heteroatoms. The molecule has 0 aliphatic rings. The highest BCUT2D eigenvalue weighted by Gasteiger charge is 2.23. The fourth-order valence-electron chi connectivity index (χ4n) is 4.73. The molecular formula is C34H66NO8P. The lowest BCUT2D eigenvalue weighted by molar-refractivity contribution is -0.147. The van der Waals surface area contributed by atoms with Crippen molar-refractivity contribution in [1.29, 1.82) is 0 Å². The Morgan fingerprint density at radius 2 is 1.16 bits per heavy atom. The maximum atomic E-state index is 11.9. The molecule has 0 aliphatic heterocycles. The van der Waals surface area contributed by atoms with Gasteiger partial charge < -0.3 is 20.1 Å². The van der Waals surface area contributed by atoms with Gasteiger partial charge in [0.05, 0.1) is 13.2 Å². The van der Waals surface area contributed by atoms with E-state index in [-0.39, 0.29) is 32.1 Å². The molecular weight excluding hydrogens is 581 g/mol. The van der Waals surface area contributed by atoms with Gasteiger partial charge >= 0.3 is 13.8 Å². The Kier molecular flexibility index (Phi) is 30.8. The Balaban J connectivity index is 3.59. The van der Waals surface area contributed by atoms with E-state index >= 15 is 0 Å². The average Bonchev–Trinajstić information content (AvgIpc) is 3.00. The zero-order valence-electron chi connectivity index (χ0n) is 28.1. The van der Waals surface area contributed by atoms with E-state index in [0.29, 0.717) is 6.42 Å². The number of hydrogen-bond acceptors (Lipinski definition) is 7. The molecule has 0 bridgehead atoms. The Bertz CT molecular complexity index is 749. The van der Waals surface area contributed by atoms with Gasteiger partial charge in [-0.25, -0.2) is 4.57 Å². The number of carbonyl (C=O) groups excluding carboxylic acids is 2. The standard InChI is InChI=1S/C34H66NO8P/c1-3-5-7-9-10-11-12-13-14-15-16-17-18-19-20-21-23-25-27-34(38)41-30-32(36)31-43-44(39,40)42-29-28-35-33(37)26-24-22-8-6-4-2/h14-15,32,36H,3-13,16-31H2,1-2H3,(H,35,37)(H,39,40)/b15-14-. The fraction of sp³-hybridized carbons (Fsp3) is 0.882. The second-order valence-corrected chi connectivity index (χ2v) is 13.3. The van der Waals surface area contributed by atoms with Gasteiger partial charge in [0.1, 0.15) is 12.7 Å². The molecule has 0 saturated heterocycles. The molecule has 260 valence electrons. The van der Waals surface area contributed by atoms with Gasteiger partial charge in [-0.2, -0.15) is 0 Å². The number of phosphoric ester groups is 1. The van der Waals surface area contributed by atoms with Crippen LogP contribution in [0.25, 0.3) is 0 Å². The topological polar surface area (TPSA) is 131 Å². The maximum absolute atomic E-state index is 11.9. The van der Waals surface area contributed by atoms with Gasteiger partial charge in [-0.15, -0.1) is 0 Å². The molecule has 0 radical (unpaired) electrons. The third-order valence-corrected chi connectivity index (χ3v) is 8.43. The van der Waals surface area contributed by atoms with Gasteiger partial charge in [-0.1, -0.05) is 122 Å². The van der Waals surface area contributed by atoms with Crippen LogP contribution in [-0.2, 0) is 27.9 Å². The number of hydrogen-bond donors (Lipinski definition) is 3. The highest BCUT2D eigenvalue weighted by Crippen LogP contribution is 2.42. The van der Waals surface area contributed by atoms with Crippen LogP contribution in [0.1, 0.15) is 162 Å². The summed E-state index contributed by atoms with van der Waals surface area (Å²) in [6.45, 7) is 3.44. The second kappa shape index (κ2) is 31.7. The average molecular weight is 648 g/mol. The lowest BCUT2D eigenvalue weighted by atomic mass is 10.1. The van der Waals surface area contributed by atoms with Crippen molar-refractivity contribution in [3.05, 3.63) is 12.2 Å². The van der Waals surface area contributed by atoms with Crippen LogP contribution in [0, 0.1) is 0 Å². The number of aliphatic hydroxyl groups excluding tert-OH is 1. The van der Waals surface area contributed by atoms with E-state index in [0.717, 1.165) is 51.4 Å². The molecule has 0 rings (SSSR count). The number of carbonyl (C=O) groups is 2. The molecule has 0 aliphatic carbocycles. The van der Waals surface area contributed by atoms with Gasteiger partial charge in [0.25, 0.3) is 0 Å². The van der Waals surface area contributed by atoms with Crippen LogP contribution in [0.4, 0.5) is 0 Å². The van der Waals surface area contributed by atoms with Crippen LogP contribution in [0.5, 0.6) is 0 Å². The van der Waals surface area contributed by atoms with E-state index in [1.54, 1.807) is 0 Å². The van der Waals surface area contributed by atoms with Crippen molar-refractivity contribution in [2.75, 3.05) is 26.4 Å². The van der Waals surface area contributed by atoms with Gasteiger partial charge in [0.2, 0.25) is 5.91 Å². The number of nitrogens with one attached hydrogen (secondary N) is 1. The molecule has 2 atom stereocenters. The Morgan fingerprint density at radius 3 is 1.70 bits per heavy atom.